The minimum Gasteiger partial charge on any atom is -0.470 e. The van der Waals surface area contributed by atoms with Crippen LogP contribution >= 0.6 is 0 Å². The number of nitrogens with zero attached hydrogens (tertiary/aromatic N) is 7. The highest BCUT2D eigenvalue weighted by Crippen LogP contribution is 2.42. The number of amides is 1. The average molecular weight is 455 g/mol. The fraction of sp³-hybridized carbons (Fsp3) is 0.286. The van der Waals surface area contributed by atoms with Crippen molar-refractivity contribution in [1.82, 2.24) is 34.3 Å². The summed E-state index contributed by atoms with van der Waals surface area (Å²) < 4.78 is 46.5. The molecule has 0 spiro atoms. The SMILES string of the molecule is O=C1c2c(cccc2-n2nccn2)[C@@H]2CC[C@@H](Oc3nccn4c(C(F)(F)F)cnc34)CN12. The van der Waals surface area contributed by atoms with Gasteiger partial charge in [-0.25, -0.2) is 9.97 Å². The van der Waals surface area contributed by atoms with Gasteiger partial charge in [-0.2, -0.15) is 28.2 Å². The Kier molecular flexibility index (Phi) is 4.19. The molecule has 1 fully saturated rings. The predicted molar refractivity (Wildman–Crippen MR) is 107 cm³/mol. The molecule has 4 aromatic rings. The van der Waals surface area contributed by atoms with Crippen molar-refractivity contribution in [2.45, 2.75) is 31.2 Å². The number of fused-ring (bicyclic) bond motifs is 4. The standard InChI is InChI=1S/C21H16F3N7O2/c22-21(23,24)16-10-26-18-19(25-8-9-29(16)18)33-12-4-5-14-13-2-1-3-15(31-27-6-7-28-31)17(13)20(32)30(14)11-12/h1-3,6-10,12,14H,4-5,11H2/t12-,14+/m1/s1. The van der Waals surface area contributed by atoms with Crippen molar-refractivity contribution in [3.63, 3.8) is 0 Å². The summed E-state index contributed by atoms with van der Waals surface area (Å²) in [4.78, 5) is 24.4. The van der Waals surface area contributed by atoms with Gasteiger partial charge in [-0.3, -0.25) is 9.20 Å². The summed E-state index contributed by atoms with van der Waals surface area (Å²) in [5, 5.41) is 8.29. The second-order valence-electron chi connectivity index (χ2n) is 7.92. The van der Waals surface area contributed by atoms with Gasteiger partial charge < -0.3 is 9.64 Å². The van der Waals surface area contributed by atoms with Crippen LogP contribution in [-0.4, -0.2) is 52.8 Å². The molecule has 0 N–H and O–H groups in total. The number of rotatable bonds is 3. The molecule has 168 valence electrons. The zero-order chi connectivity index (χ0) is 22.7. The Morgan fingerprint density at radius 1 is 1.06 bits per heavy atom. The van der Waals surface area contributed by atoms with E-state index in [2.05, 4.69) is 20.2 Å². The molecular weight excluding hydrogens is 439 g/mol. The van der Waals surface area contributed by atoms with Gasteiger partial charge in [-0.1, -0.05) is 12.1 Å². The zero-order valence-electron chi connectivity index (χ0n) is 17.0. The summed E-state index contributed by atoms with van der Waals surface area (Å²) in [7, 11) is 0. The van der Waals surface area contributed by atoms with Crippen LogP contribution in [0.15, 0.2) is 49.2 Å². The zero-order valence-corrected chi connectivity index (χ0v) is 17.0. The van der Waals surface area contributed by atoms with Crippen molar-refractivity contribution < 1.29 is 22.7 Å². The number of halogens is 3. The number of benzene rings is 1. The minimum absolute atomic E-state index is 0.00189. The number of alkyl halides is 3. The van der Waals surface area contributed by atoms with E-state index in [0.29, 0.717) is 24.1 Å². The smallest absolute Gasteiger partial charge is 0.433 e. The van der Waals surface area contributed by atoms with Gasteiger partial charge in [0.2, 0.25) is 5.65 Å². The van der Waals surface area contributed by atoms with Gasteiger partial charge in [0.25, 0.3) is 11.8 Å². The molecule has 33 heavy (non-hydrogen) atoms. The van der Waals surface area contributed by atoms with Crippen molar-refractivity contribution in [1.29, 1.82) is 0 Å². The van der Waals surface area contributed by atoms with Crippen LogP contribution in [0.5, 0.6) is 5.88 Å². The third-order valence-corrected chi connectivity index (χ3v) is 6.05. The Balaban J connectivity index is 1.28. The number of piperidine rings is 1. The fourth-order valence-electron chi connectivity index (χ4n) is 4.65. The van der Waals surface area contributed by atoms with Crippen LogP contribution in [0.3, 0.4) is 0 Å². The van der Waals surface area contributed by atoms with Gasteiger partial charge in [0.1, 0.15) is 11.8 Å². The Morgan fingerprint density at radius 3 is 2.67 bits per heavy atom. The summed E-state index contributed by atoms with van der Waals surface area (Å²) in [6.45, 7) is 0.278. The third kappa shape index (κ3) is 3.04. The number of carbonyl (C=O) groups excluding carboxylic acids is 1. The van der Waals surface area contributed by atoms with Crippen LogP contribution in [0.4, 0.5) is 13.2 Å². The molecule has 1 amide bonds. The second kappa shape index (κ2) is 7.02. The van der Waals surface area contributed by atoms with Gasteiger partial charge in [0.15, 0.2) is 0 Å². The van der Waals surface area contributed by atoms with Gasteiger partial charge in [0.05, 0.1) is 42.4 Å². The molecule has 0 radical (unpaired) electrons. The third-order valence-electron chi connectivity index (χ3n) is 6.05. The van der Waals surface area contributed by atoms with Crippen LogP contribution < -0.4 is 4.74 Å². The van der Waals surface area contributed by atoms with Crippen LogP contribution in [0.25, 0.3) is 11.3 Å². The molecule has 0 saturated carbocycles. The second-order valence-corrected chi connectivity index (χ2v) is 7.92. The molecular formula is C21H16F3N7O2. The lowest BCUT2D eigenvalue weighted by Gasteiger charge is -2.35. The molecule has 9 nitrogen and oxygen atoms in total. The van der Waals surface area contributed by atoms with Crippen LogP contribution in [0.2, 0.25) is 0 Å². The number of aromatic nitrogens is 6. The largest absolute Gasteiger partial charge is 0.470 e. The van der Waals surface area contributed by atoms with Crippen molar-refractivity contribution in [3.8, 4) is 11.6 Å². The van der Waals surface area contributed by atoms with E-state index in [1.807, 2.05) is 12.1 Å². The summed E-state index contributed by atoms with van der Waals surface area (Å²) in [6, 6.07) is 5.50. The highest BCUT2D eigenvalue weighted by Gasteiger charge is 2.43. The molecule has 0 aliphatic carbocycles. The normalized spacial score (nSPS) is 20.2. The number of hydrogen-bond donors (Lipinski definition) is 0. The maximum Gasteiger partial charge on any atom is 0.433 e. The van der Waals surface area contributed by atoms with E-state index >= 15 is 0 Å². The van der Waals surface area contributed by atoms with E-state index in [1.54, 1.807) is 23.4 Å². The van der Waals surface area contributed by atoms with E-state index < -0.39 is 18.0 Å². The van der Waals surface area contributed by atoms with E-state index in [4.69, 9.17) is 4.74 Å². The minimum atomic E-state index is -4.55. The number of imidazole rings is 1. The Hall–Kier alpha value is -3.96. The van der Waals surface area contributed by atoms with E-state index in [9.17, 15) is 18.0 Å². The van der Waals surface area contributed by atoms with E-state index in [0.717, 1.165) is 16.2 Å². The average Bonchev–Trinajstić information content (AvgIpc) is 3.53. The first-order chi connectivity index (χ1) is 15.9. The van der Waals surface area contributed by atoms with Crippen molar-refractivity contribution in [2.75, 3.05) is 6.54 Å². The Morgan fingerprint density at radius 2 is 1.88 bits per heavy atom. The maximum absolute atomic E-state index is 13.3. The van der Waals surface area contributed by atoms with Gasteiger partial charge in [-0.05, 0) is 24.5 Å². The molecule has 2 aliphatic heterocycles. The monoisotopic (exact) mass is 455 g/mol. The summed E-state index contributed by atoms with van der Waals surface area (Å²) in [5.74, 6) is -0.149. The summed E-state index contributed by atoms with van der Waals surface area (Å²) >= 11 is 0. The summed E-state index contributed by atoms with van der Waals surface area (Å²) in [6.07, 6.45) is 2.55. The first kappa shape index (κ1) is 19.7. The molecule has 5 heterocycles. The maximum atomic E-state index is 13.3. The first-order valence-electron chi connectivity index (χ1n) is 10.3. The number of carbonyl (C=O) groups is 1. The topological polar surface area (TPSA) is 90.4 Å². The summed E-state index contributed by atoms with van der Waals surface area (Å²) in [5.41, 5.74) is 1.16. The molecule has 0 bridgehead atoms. The Labute approximate surface area is 184 Å². The molecule has 3 aromatic heterocycles. The molecule has 1 saturated heterocycles. The number of hydrogen-bond acceptors (Lipinski definition) is 6. The number of ether oxygens (including phenoxy) is 1. The van der Waals surface area contributed by atoms with Crippen LogP contribution in [0.1, 0.15) is 40.5 Å². The van der Waals surface area contributed by atoms with Crippen LogP contribution in [-0.2, 0) is 6.18 Å². The lowest BCUT2D eigenvalue weighted by Crippen LogP contribution is -2.42. The van der Waals surface area contributed by atoms with Gasteiger partial charge in [0, 0.05) is 12.4 Å². The van der Waals surface area contributed by atoms with Gasteiger partial charge >= 0.3 is 6.18 Å². The first-order valence-corrected chi connectivity index (χ1v) is 10.3. The lowest BCUT2D eigenvalue weighted by atomic mass is 9.95. The van der Waals surface area contributed by atoms with Crippen molar-refractivity contribution in [2.24, 2.45) is 0 Å². The van der Waals surface area contributed by atoms with Crippen molar-refractivity contribution >= 4 is 11.6 Å². The molecule has 1 aromatic carbocycles. The molecule has 2 atom stereocenters. The molecule has 12 heteroatoms. The van der Waals surface area contributed by atoms with Gasteiger partial charge in [-0.15, -0.1) is 0 Å². The fourth-order valence-corrected chi connectivity index (χ4v) is 4.65. The van der Waals surface area contributed by atoms with E-state index in [1.165, 1.54) is 17.2 Å². The van der Waals surface area contributed by atoms with Crippen molar-refractivity contribution in [3.05, 3.63) is 66.0 Å². The quantitative estimate of drug-likeness (QED) is 0.472. The highest BCUT2D eigenvalue weighted by atomic mass is 19.4. The van der Waals surface area contributed by atoms with Crippen LogP contribution in [0, 0.1) is 0 Å². The predicted octanol–water partition coefficient (Wildman–Crippen LogP) is 3.07. The molecule has 2 aliphatic rings. The van der Waals surface area contributed by atoms with E-state index in [-0.39, 0.29) is 30.0 Å². The lowest BCUT2D eigenvalue weighted by molar-refractivity contribution is -0.141. The molecule has 0 unspecified atom stereocenters. The Bertz CT molecular complexity index is 1370. The molecule has 6 rings (SSSR count). The highest BCUT2D eigenvalue weighted by molar-refractivity contribution is 6.02.